The number of aromatic nitrogens is 2. The molecule has 4 nitrogen and oxygen atoms in total. The number of rotatable bonds is 3. The molecule has 0 saturated heterocycles. The van der Waals surface area contributed by atoms with Crippen molar-refractivity contribution in [2.45, 2.75) is 0 Å². The summed E-state index contributed by atoms with van der Waals surface area (Å²) in [6.07, 6.45) is 0. The average molecular weight is 465 g/mol. The van der Waals surface area contributed by atoms with Crippen LogP contribution in [0.5, 0.6) is 0 Å². The van der Waals surface area contributed by atoms with Gasteiger partial charge < -0.3 is 0 Å². The fourth-order valence-electron chi connectivity index (χ4n) is 1.95. The van der Waals surface area contributed by atoms with Crippen molar-refractivity contribution >= 4 is 59.6 Å². The number of halogens is 3. The van der Waals surface area contributed by atoms with Crippen LogP contribution in [-0.4, -0.2) is 35.4 Å². The van der Waals surface area contributed by atoms with E-state index in [1.807, 2.05) is 12.1 Å². The predicted octanol–water partition coefficient (Wildman–Crippen LogP) is 4.36. The van der Waals surface area contributed by atoms with Crippen LogP contribution in [0.4, 0.5) is 0 Å². The summed E-state index contributed by atoms with van der Waals surface area (Å²) in [4.78, 5) is 11.2. The van der Waals surface area contributed by atoms with E-state index in [9.17, 15) is 9.90 Å². The molecule has 2 heterocycles. The first-order valence-corrected chi connectivity index (χ1v) is 9.26. The Morgan fingerprint density at radius 3 is 2.59 bits per heavy atom. The molecule has 2 aromatic heterocycles. The van der Waals surface area contributed by atoms with Crippen molar-refractivity contribution in [3.05, 3.63) is 55.5 Å². The molecule has 0 saturated carbocycles. The summed E-state index contributed by atoms with van der Waals surface area (Å²) in [5.41, 5.74) is 1.28. The second kappa shape index (κ2) is 6.22. The number of carbonyl (C=O) groups is 1. The molecular weight excluding hydrogens is 458 g/mol. The van der Waals surface area contributed by atoms with E-state index in [0.717, 1.165) is 7.78 Å². The van der Waals surface area contributed by atoms with Crippen LogP contribution in [0.25, 0.3) is 15.8 Å². The van der Waals surface area contributed by atoms with Gasteiger partial charge in [0.25, 0.3) is 0 Å². The summed E-state index contributed by atoms with van der Waals surface area (Å²) in [7, 11) is 0. The number of carboxylic acid groups (broad SMARTS) is 1. The normalized spacial score (nSPS) is 10.9. The monoisotopic (exact) mass is 464 g/mol. The zero-order valence-electron chi connectivity index (χ0n) is 10.8. The Kier molecular flexibility index (Phi) is 4.48. The second-order valence-electron chi connectivity index (χ2n) is 4.33. The fourth-order valence-corrected chi connectivity index (χ4v) is 5.01. The van der Waals surface area contributed by atoms with E-state index in [0.29, 0.717) is 21.4 Å². The van der Waals surface area contributed by atoms with Crippen molar-refractivity contribution in [3.63, 3.8) is 0 Å². The Balaban J connectivity index is 2.23. The predicted molar refractivity (Wildman–Crippen MR) is 90.6 cm³/mol. The Labute approximate surface area is 150 Å². The molecule has 0 radical (unpaired) electrons. The summed E-state index contributed by atoms with van der Waals surface area (Å²) in [6.45, 7) is 0. The van der Waals surface area contributed by atoms with E-state index in [1.165, 1.54) is 0 Å². The summed E-state index contributed by atoms with van der Waals surface area (Å²) in [5.74, 6) is -1.08. The zero-order chi connectivity index (χ0) is 15.9. The standard InChI is InChI=1S/C14H7BrCl2N2O2Se/c15-13-4-3-12(22-13)11-6-9(14(20)21)18-19(11)10-2-1-7(16)5-8(10)17/h1-6H,(H,20,21). The van der Waals surface area contributed by atoms with Crippen molar-refractivity contribution in [1.82, 2.24) is 9.78 Å². The van der Waals surface area contributed by atoms with Gasteiger partial charge in [0, 0.05) is 0 Å². The van der Waals surface area contributed by atoms with Crippen LogP contribution in [0, 0.1) is 0 Å². The Morgan fingerprint density at radius 1 is 1.23 bits per heavy atom. The van der Waals surface area contributed by atoms with Gasteiger partial charge in [-0.25, -0.2) is 0 Å². The topological polar surface area (TPSA) is 55.1 Å². The third-order valence-electron chi connectivity index (χ3n) is 2.89. The molecular formula is C14H7BrCl2N2O2Se. The molecule has 0 bridgehead atoms. The molecule has 1 aromatic carbocycles. The number of hydrogen-bond donors (Lipinski definition) is 1. The number of aromatic carboxylic acids is 1. The number of nitrogens with zero attached hydrogens (tertiary/aromatic N) is 2. The Morgan fingerprint density at radius 2 is 2.00 bits per heavy atom. The van der Waals surface area contributed by atoms with Crippen molar-refractivity contribution in [3.8, 4) is 15.8 Å². The summed E-state index contributed by atoms with van der Waals surface area (Å²) >= 11 is 15.7. The average Bonchev–Trinajstić information content (AvgIpc) is 3.05. The molecule has 0 aliphatic heterocycles. The number of benzene rings is 1. The van der Waals surface area contributed by atoms with Crippen molar-refractivity contribution in [2.75, 3.05) is 0 Å². The molecule has 0 spiro atoms. The third kappa shape index (κ3) is 3.03. The summed E-state index contributed by atoms with van der Waals surface area (Å²) in [6, 6.07) is 10.5. The Hall–Kier alpha value is -1.04. The van der Waals surface area contributed by atoms with Gasteiger partial charge in [-0.2, -0.15) is 0 Å². The van der Waals surface area contributed by atoms with Crippen LogP contribution >= 0.6 is 39.1 Å². The van der Waals surface area contributed by atoms with E-state index >= 15 is 0 Å². The minimum atomic E-state index is -1.08. The molecule has 22 heavy (non-hydrogen) atoms. The van der Waals surface area contributed by atoms with Gasteiger partial charge in [0.1, 0.15) is 0 Å². The van der Waals surface area contributed by atoms with Gasteiger partial charge in [-0.1, -0.05) is 0 Å². The van der Waals surface area contributed by atoms with E-state index in [-0.39, 0.29) is 20.2 Å². The first-order chi connectivity index (χ1) is 10.5. The molecule has 8 heteroatoms. The van der Waals surface area contributed by atoms with Gasteiger partial charge in [-0.15, -0.1) is 0 Å². The first kappa shape index (κ1) is 15.8. The first-order valence-electron chi connectivity index (χ1n) is 6.00. The van der Waals surface area contributed by atoms with E-state index in [1.54, 1.807) is 28.9 Å². The summed E-state index contributed by atoms with van der Waals surface area (Å²) in [5, 5.41) is 14.3. The molecule has 0 unspecified atom stereocenters. The van der Waals surface area contributed by atoms with Gasteiger partial charge in [-0.05, 0) is 0 Å². The van der Waals surface area contributed by atoms with E-state index < -0.39 is 5.97 Å². The van der Waals surface area contributed by atoms with Crippen molar-refractivity contribution in [1.29, 1.82) is 0 Å². The molecule has 0 amide bonds. The van der Waals surface area contributed by atoms with Crippen LogP contribution in [0.15, 0.2) is 39.7 Å². The van der Waals surface area contributed by atoms with E-state index in [4.69, 9.17) is 23.2 Å². The van der Waals surface area contributed by atoms with E-state index in [2.05, 4.69) is 21.0 Å². The molecule has 3 rings (SSSR count). The molecule has 3 aromatic rings. The number of hydrogen-bond acceptors (Lipinski definition) is 2. The van der Waals surface area contributed by atoms with Gasteiger partial charge in [-0.3, -0.25) is 0 Å². The van der Waals surface area contributed by atoms with Crippen molar-refractivity contribution < 1.29 is 9.90 Å². The second-order valence-corrected chi connectivity index (χ2v) is 9.48. The van der Waals surface area contributed by atoms with Crippen LogP contribution in [0.2, 0.25) is 10.0 Å². The maximum atomic E-state index is 11.2. The molecule has 0 fully saturated rings. The van der Waals surface area contributed by atoms with Crippen molar-refractivity contribution in [2.24, 2.45) is 0 Å². The SMILES string of the molecule is O=C(O)c1cc(-c2ccc(Br)[se]2)n(-c2ccc(Cl)cc2Cl)n1. The minimum absolute atomic E-state index is 0.0271. The van der Waals surface area contributed by atoms with Crippen LogP contribution in [0.3, 0.4) is 0 Å². The van der Waals surface area contributed by atoms with Gasteiger partial charge in [0.15, 0.2) is 0 Å². The van der Waals surface area contributed by atoms with Gasteiger partial charge in [0.2, 0.25) is 0 Å². The molecule has 1 N–H and O–H groups in total. The van der Waals surface area contributed by atoms with Gasteiger partial charge >= 0.3 is 151 Å². The molecule has 0 aliphatic rings. The fraction of sp³-hybridized carbons (Fsp3) is 0. The van der Waals surface area contributed by atoms with Crippen LogP contribution in [0.1, 0.15) is 10.5 Å². The Bertz CT molecular complexity index is 876. The molecule has 112 valence electrons. The third-order valence-corrected chi connectivity index (χ3v) is 6.42. The molecule has 0 atom stereocenters. The summed E-state index contributed by atoms with van der Waals surface area (Å²) < 4.78 is 3.65. The molecule has 0 aliphatic carbocycles. The number of carboxylic acids is 1. The van der Waals surface area contributed by atoms with Crippen LogP contribution < -0.4 is 0 Å². The zero-order valence-corrected chi connectivity index (χ0v) is 15.6. The maximum absolute atomic E-state index is 11.2. The van der Waals surface area contributed by atoms with Crippen LogP contribution in [-0.2, 0) is 0 Å². The quantitative estimate of drug-likeness (QED) is 0.586. The van der Waals surface area contributed by atoms with Gasteiger partial charge in [0.05, 0.1) is 0 Å².